The van der Waals surface area contributed by atoms with Crippen molar-refractivity contribution < 1.29 is 4.92 Å². The lowest BCUT2D eigenvalue weighted by Crippen LogP contribution is -2.33. The molecule has 0 bridgehead atoms. The van der Waals surface area contributed by atoms with Crippen molar-refractivity contribution in [2.45, 2.75) is 39.7 Å². The third-order valence-corrected chi connectivity index (χ3v) is 3.22. The van der Waals surface area contributed by atoms with Crippen LogP contribution in [0.2, 0.25) is 0 Å². The van der Waals surface area contributed by atoms with Crippen molar-refractivity contribution >= 4 is 11.4 Å². The monoisotopic (exact) mass is 261 g/mol. The molecule has 5 nitrogen and oxygen atoms in total. The predicted octanol–water partition coefficient (Wildman–Crippen LogP) is 3.48. The van der Waals surface area contributed by atoms with Gasteiger partial charge in [0.2, 0.25) is 0 Å². The van der Waals surface area contributed by atoms with Crippen LogP contribution < -0.4 is 4.90 Å². The number of nitro groups is 1. The van der Waals surface area contributed by atoms with Gasteiger partial charge in [-0.25, -0.2) is 0 Å². The number of hydrogen-bond acceptors (Lipinski definition) is 4. The van der Waals surface area contributed by atoms with Gasteiger partial charge in [0, 0.05) is 24.3 Å². The van der Waals surface area contributed by atoms with Crippen LogP contribution in [0.3, 0.4) is 0 Å². The van der Waals surface area contributed by atoms with Gasteiger partial charge in [0.25, 0.3) is 5.69 Å². The molecule has 1 atom stereocenters. The summed E-state index contributed by atoms with van der Waals surface area (Å²) in [6.45, 7) is 7.11. The lowest BCUT2D eigenvalue weighted by Gasteiger charge is -2.30. The smallest absolute Gasteiger partial charge is 0.289 e. The van der Waals surface area contributed by atoms with Crippen LogP contribution in [-0.2, 0) is 0 Å². The Morgan fingerprint density at radius 2 is 2.16 bits per heavy atom. The van der Waals surface area contributed by atoms with Crippen molar-refractivity contribution in [2.24, 2.45) is 0 Å². The van der Waals surface area contributed by atoms with E-state index in [2.05, 4.69) is 25.7 Å². The molecule has 0 fully saturated rings. The van der Waals surface area contributed by atoms with E-state index in [-0.39, 0.29) is 11.3 Å². The van der Waals surface area contributed by atoms with Gasteiger partial charge in [-0.3, -0.25) is 10.1 Å². The molecule has 0 aliphatic heterocycles. The highest BCUT2D eigenvalue weighted by atomic mass is 16.6. The molecule has 19 heavy (non-hydrogen) atoms. The van der Waals surface area contributed by atoms with Crippen LogP contribution in [0.15, 0.2) is 18.2 Å². The second-order valence-corrected chi connectivity index (χ2v) is 4.52. The molecular formula is C14H19N3O2. The maximum atomic E-state index is 11.0. The molecule has 0 saturated carbocycles. The van der Waals surface area contributed by atoms with E-state index in [1.54, 1.807) is 6.07 Å². The molecule has 0 N–H and O–H groups in total. The first-order valence-corrected chi connectivity index (χ1v) is 6.50. The molecule has 0 heterocycles. The molecule has 0 amide bonds. The summed E-state index contributed by atoms with van der Waals surface area (Å²) in [5.41, 5.74) is 0.792. The maximum absolute atomic E-state index is 11.0. The minimum absolute atomic E-state index is 0.106. The van der Waals surface area contributed by atoms with Crippen LogP contribution in [0.4, 0.5) is 11.4 Å². The van der Waals surface area contributed by atoms with Crippen LogP contribution >= 0.6 is 0 Å². The number of rotatable bonds is 6. The molecule has 0 aliphatic rings. The van der Waals surface area contributed by atoms with E-state index < -0.39 is 4.92 Å². The zero-order chi connectivity index (χ0) is 14.4. The molecule has 1 rings (SSSR count). The molecule has 5 heteroatoms. The van der Waals surface area contributed by atoms with Gasteiger partial charge in [0.1, 0.15) is 11.6 Å². The molecule has 0 saturated heterocycles. The van der Waals surface area contributed by atoms with Crippen molar-refractivity contribution in [1.29, 1.82) is 5.26 Å². The van der Waals surface area contributed by atoms with Crippen molar-refractivity contribution in [3.05, 3.63) is 33.9 Å². The van der Waals surface area contributed by atoms with Crippen molar-refractivity contribution in [2.75, 3.05) is 11.4 Å². The Hall–Kier alpha value is -2.09. The van der Waals surface area contributed by atoms with Crippen LogP contribution in [0, 0.1) is 21.4 Å². The number of nitrogens with zero attached hydrogens (tertiary/aromatic N) is 3. The lowest BCUT2D eigenvalue weighted by molar-refractivity contribution is -0.385. The molecule has 1 unspecified atom stereocenters. The second kappa shape index (κ2) is 6.74. The van der Waals surface area contributed by atoms with Gasteiger partial charge < -0.3 is 4.90 Å². The Kier molecular flexibility index (Phi) is 5.31. The normalized spacial score (nSPS) is 11.7. The fourth-order valence-electron chi connectivity index (χ4n) is 2.01. The van der Waals surface area contributed by atoms with E-state index in [1.165, 1.54) is 12.1 Å². The van der Waals surface area contributed by atoms with Crippen LogP contribution in [0.5, 0.6) is 0 Å². The Balaban J connectivity index is 3.22. The van der Waals surface area contributed by atoms with Gasteiger partial charge in [-0.2, -0.15) is 5.26 Å². The molecule has 1 aromatic rings. The average molecular weight is 261 g/mol. The first-order chi connectivity index (χ1) is 9.04. The lowest BCUT2D eigenvalue weighted by atomic mass is 10.1. The fourth-order valence-corrected chi connectivity index (χ4v) is 2.01. The van der Waals surface area contributed by atoms with Crippen molar-refractivity contribution in [3.8, 4) is 6.07 Å². The Bertz CT molecular complexity index is 494. The Morgan fingerprint density at radius 1 is 1.47 bits per heavy atom. The average Bonchev–Trinajstić information content (AvgIpc) is 2.43. The number of anilines is 1. The quantitative estimate of drug-likeness (QED) is 0.580. The van der Waals surface area contributed by atoms with Gasteiger partial charge in [-0.05, 0) is 31.9 Å². The first kappa shape index (κ1) is 15.0. The highest BCUT2D eigenvalue weighted by Crippen LogP contribution is 2.27. The van der Waals surface area contributed by atoms with E-state index in [0.717, 1.165) is 25.1 Å². The highest BCUT2D eigenvalue weighted by molar-refractivity contribution is 5.60. The molecule has 102 valence electrons. The van der Waals surface area contributed by atoms with Crippen LogP contribution in [0.1, 0.15) is 39.2 Å². The minimum Gasteiger partial charge on any atom is -0.369 e. The second-order valence-electron chi connectivity index (χ2n) is 4.52. The Labute approximate surface area is 113 Å². The van der Waals surface area contributed by atoms with Crippen LogP contribution in [0.25, 0.3) is 0 Å². The van der Waals surface area contributed by atoms with Gasteiger partial charge >= 0.3 is 0 Å². The predicted molar refractivity (Wildman–Crippen MR) is 75.2 cm³/mol. The molecule has 0 aliphatic carbocycles. The zero-order valence-electron chi connectivity index (χ0n) is 11.6. The zero-order valence-corrected chi connectivity index (χ0v) is 11.6. The summed E-state index contributed by atoms with van der Waals surface area (Å²) in [6.07, 6.45) is 1.94. The number of nitro benzene ring substituents is 1. The highest BCUT2D eigenvalue weighted by Gasteiger charge is 2.19. The maximum Gasteiger partial charge on any atom is 0.289 e. The topological polar surface area (TPSA) is 70.2 Å². The molecule has 0 spiro atoms. The SMILES string of the molecule is CCCN(c1ccc(C#N)c([N+](=O)[O-])c1)C(C)CC. The van der Waals surface area contributed by atoms with E-state index in [1.807, 2.05) is 6.07 Å². The molecule has 0 radical (unpaired) electrons. The standard InChI is InChI=1S/C14H19N3O2/c1-4-8-16(11(3)5-2)13-7-6-12(10-15)14(9-13)17(18)19/h6-7,9,11H,4-5,8H2,1-3H3. The third-order valence-electron chi connectivity index (χ3n) is 3.22. The van der Waals surface area contributed by atoms with Crippen molar-refractivity contribution in [3.63, 3.8) is 0 Å². The largest absolute Gasteiger partial charge is 0.369 e. The fraction of sp³-hybridized carbons (Fsp3) is 0.500. The summed E-state index contributed by atoms with van der Waals surface area (Å²) in [6, 6.07) is 6.98. The molecule has 0 aromatic heterocycles. The first-order valence-electron chi connectivity index (χ1n) is 6.50. The molecule has 1 aromatic carbocycles. The summed E-state index contributed by atoms with van der Waals surface area (Å²) < 4.78 is 0. The van der Waals surface area contributed by atoms with E-state index in [0.29, 0.717) is 6.04 Å². The summed E-state index contributed by atoms with van der Waals surface area (Å²) >= 11 is 0. The Morgan fingerprint density at radius 3 is 2.63 bits per heavy atom. The summed E-state index contributed by atoms with van der Waals surface area (Å²) in [7, 11) is 0. The van der Waals surface area contributed by atoms with E-state index >= 15 is 0 Å². The van der Waals surface area contributed by atoms with Crippen LogP contribution in [-0.4, -0.2) is 17.5 Å². The minimum atomic E-state index is -0.497. The number of benzene rings is 1. The van der Waals surface area contributed by atoms with Gasteiger partial charge in [-0.1, -0.05) is 13.8 Å². The van der Waals surface area contributed by atoms with Gasteiger partial charge in [0.05, 0.1) is 4.92 Å². The molecular weight excluding hydrogens is 242 g/mol. The van der Waals surface area contributed by atoms with E-state index in [4.69, 9.17) is 5.26 Å². The number of nitriles is 1. The third kappa shape index (κ3) is 3.44. The van der Waals surface area contributed by atoms with E-state index in [9.17, 15) is 10.1 Å². The summed E-state index contributed by atoms with van der Waals surface area (Å²) in [5, 5.41) is 19.9. The van der Waals surface area contributed by atoms with Gasteiger partial charge in [0.15, 0.2) is 0 Å². The number of hydrogen-bond donors (Lipinski definition) is 0. The summed E-state index contributed by atoms with van der Waals surface area (Å²) in [5.74, 6) is 0. The van der Waals surface area contributed by atoms with Crippen molar-refractivity contribution in [1.82, 2.24) is 0 Å². The van der Waals surface area contributed by atoms with Gasteiger partial charge in [-0.15, -0.1) is 0 Å². The summed E-state index contributed by atoms with van der Waals surface area (Å²) in [4.78, 5) is 12.6.